The molecule has 3 heterocycles. The van der Waals surface area contributed by atoms with Crippen molar-refractivity contribution < 1.29 is 8.42 Å². The standard InChI is InChI=1S/C20H25N7O2S.HI/c1-2-21-20(23-15-19-25-24-18-9-5-6-12-26(18)19)22-11-14-30(28,29)27-13-10-16-7-3-4-8-17(16)27;/h3-9,12H,2,10-11,13-15H2,1H3,(H2,21,22,23);1H. The van der Waals surface area contributed by atoms with Crippen molar-refractivity contribution in [3.05, 3.63) is 60.0 Å². The van der Waals surface area contributed by atoms with E-state index >= 15 is 0 Å². The Kier molecular flexibility index (Phi) is 7.70. The average molecular weight is 555 g/mol. The fourth-order valence-corrected chi connectivity index (χ4v) is 4.92. The Balaban J connectivity index is 0.00000272. The highest BCUT2D eigenvalue weighted by molar-refractivity contribution is 14.0. The number of sulfonamides is 1. The number of hydrogen-bond acceptors (Lipinski definition) is 5. The van der Waals surface area contributed by atoms with Gasteiger partial charge in [0, 0.05) is 25.8 Å². The van der Waals surface area contributed by atoms with Crippen LogP contribution in [-0.2, 0) is 23.0 Å². The first-order valence-electron chi connectivity index (χ1n) is 9.97. The van der Waals surface area contributed by atoms with Crippen molar-refractivity contribution in [3.8, 4) is 0 Å². The molecule has 2 aromatic heterocycles. The highest BCUT2D eigenvalue weighted by Gasteiger charge is 2.28. The smallest absolute Gasteiger partial charge is 0.236 e. The SMILES string of the molecule is CCNC(=NCc1nnc2ccccn12)NCCS(=O)(=O)N1CCc2ccccc21.I. The van der Waals surface area contributed by atoms with Crippen molar-refractivity contribution in [2.24, 2.45) is 4.99 Å². The van der Waals surface area contributed by atoms with Gasteiger partial charge in [0.1, 0.15) is 6.54 Å². The van der Waals surface area contributed by atoms with Crippen molar-refractivity contribution in [2.75, 3.05) is 29.7 Å². The Morgan fingerprint density at radius 1 is 1.13 bits per heavy atom. The lowest BCUT2D eigenvalue weighted by molar-refractivity contribution is 0.591. The minimum atomic E-state index is -3.41. The van der Waals surface area contributed by atoms with Crippen LogP contribution in [0.4, 0.5) is 5.69 Å². The predicted octanol–water partition coefficient (Wildman–Crippen LogP) is 1.79. The summed E-state index contributed by atoms with van der Waals surface area (Å²) in [5.41, 5.74) is 2.62. The van der Waals surface area contributed by atoms with Crippen molar-refractivity contribution in [3.63, 3.8) is 0 Å². The second-order valence-corrected chi connectivity index (χ2v) is 8.95. The summed E-state index contributed by atoms with van der Waals surface area (Å²) in [6.07, 6.45) is 2.64. The number of guanidine groups is 1. The second-order valence-electron chi connectivity index (χ2n) is 6.93. The van der Waals surface area contributed by atoms with Crippen molar-refractivity contribution in [1.82, 2.24) is 25.2 Å². The Morgan fingerprint density at radius 3 is 2.77 bits per heavy atom. The zero-order valence-electron chi connectivity index (χ0n) is 17.2. The number of nitrogens with one attached hydrogen (secondary N) is 2. The van der Waals surface area contributed by atoms with E-state index in [1.165, 1.54) is 4.31 Å². The highest BCUT2D eigenvalue weighted by Crippen LogP contribution is 2.29. The van der Waals surface area contributed by atoms with Crippen LogP contribution in [-0.4, -0.2) is 54.4 Å². The van der Waals surface area contributed by atoms with Crippen LogP contribution in [0.15, 0.2) is 53.7 Å². The molecule has 0 spiro atoms. The first kappa shape index (κ1) is 23.3. The average Bonchev–Trinajstić information content (AvgIpc) is 3.36. The van der Waals surface area contributed by atoms with Gasteiger partial charge in [-0.15, -0.1) is 34.2 Å². The van der Waals surface area contributed by atoms with Crippen molar-refractivity contribution in [1.29, 1.82) is 0 Å². The third-order valence-electron chi connectivity index (χ3n) is 4.94. The summed E-state index contributed by atoms with van der Waals surface area (Å²) in [7, 11) is -3.41. The monoisotopic (exact) mass is 555 g/mol. The van der Waals surface area contributed by atoms with Gasteiger partial charge in [-0.3, -0.25) is 8.71 Å². The van der Waals surface area contributed by atoms with E-state index in [1.54, 1.807) is 0 Å². The van der Waals surface area contributed by atoms with Gasteiger partial charge in [0.15, 0.2) is 17.4 Å². The number of halogens is 1. The molecule has 0 radical (unpaired) electrons. The summed E-state index contributed by atoms with van der Waals surface area (Å²) in [6.45, 7) is 3.70. The third kappa shape index (κ3) is 5.26. The molecule has 1 aromatic carbocycles. The third-order valence-corrected chi connectivity index (χ3v) is 6.71. The molecule has 0 atom stereocenters. The molecule has 0 bridgehead atoms. The predicted molar refractivity (Wildman–Crippen MR) is 132 cm³/mol. The van der Waals surface area contributed by atoms with Crippen LogP contribution < -0.4 is 14.9 Å². The minimum absolute atomic E-state index is 0. The molecule has 0 saturated carbocycles. The van der Waals surface area contributed by atoms with E-state index in [0.29, 0.717) is 31.4 Å². The van der Waals surface area contributed by atoms with Gasteiger partial charge in [0.25, 0.3) is 0 Å². The summed E-state index contributed by atoms with van der Waals surface area (Å²) in [5.74, 6) is 1.24. The highest BCUT2D eigenvalue weighted by atomic mass is 127. The van der Waals surface area contributed by atoms with E-state index in [-0.39, 0.29) is 36.3 Å². The normalized spacial score (nSPS) is 13.7. The lowest BCUT2D eigenvalue weighted by atomic mass is 10.2. The van der Waals surface area contributed by atoms with Crippen molar-refractivity contribution in [2.45, 2.75) is 19.9 Å². The van der Waals surface area contributed by atoms with E-state index in [2.05, 4.69) is 25.8 Å². The molecule has 9 nitrogen and oxygen atoms in total. The molecule has 2 N–H and O–H groups in total. The van der Waals surface area contributed by atoms with Gasteiger partial charge in [-0.1, -0.05) is 24.3 Å². The summed E-state index contributed by atoms with van der Waals surface area (Å²) < 4.78 is 29.0. The quantitative estimate of drug-likeness (QED) is 0.262. The molecule has 0 amide bonds. The van der Waals surface area contributed by atoms with E-state index < -0.39 is 10.0 Å². The van der Waals surface area contributed by atoms with Gasteiger partial charge in [-0.2, -0.15) is 0 Å². The molecule has 0 saturated heterocycles. The first-order chi connectivity index (χ1) is 14.6. The number of anilines is 1. The number of pyridine rings is 1. The lowest BCUT2D eigenvalue weighted by Crippen LogP contribution is -2.42. The van der Waals surface area contributed by atoms with E-state index in [9.17, 15) is 8.42 Å². The Morgan fingerprint density at radius 2 is 1.94 bits per heavy atom. The second kappa shape index (κ2) is 10.3. The number of para-hydroxylation sites is 1. The van der Waals surface area contributed by atoms with E-state index in [1.807, 2.05) is 60.0 Å². The van der Waals surface area contributed by atoms with Crippen LogP contribution >= 0.6 is 24.0 Å². The maximum atomic E-state index is 12.8. The lowest BCUT2D eigenvalue weighted by Gasteiger charge is -2.20. The number of aromatic nitrogens is 3. The molecule has 4 rings (SSSR count). The van der Waals surface area contributed by atoms with Crippen LogP contribution in [0.25, 0.3) is 5.65 Å². The van der Waals surface area contributed by atoms with Gasteiger partial charge < -0.3 is 10.6 Å². The van der Waals surface area contributed by atoms with Crippen molar-refractivity contribution >= 4 is 51.3 Å². The molecule has 31 heavy (non-hydrogen) atoms. The van der Waals surface area contributed by atoms with Gasteiger partial charge in [0.05, 0.1) is 11.4 Å². The maximum absolute atomic E-state index is 12.8. The topological polar surface area (TPSA) is 104 Å². The number of fused-ring (bicyclic) bond motifs is 2. The summed E-state index contributed by atoms with van der Waals surface area (Å²) in [5, 5.41) is 14.5. The molecule has 0 unspecified atom stereocenters. The van der Waals surface area contributed by atoms with Crippen LogP contribution in [0, 0.1) is 0 Å². The molecule has 0 fully saturated rings. The Labute approximate surface area is 199 Å². The zero-order chi connectivity index (χ0) is 21.0. The van der Waals surface area contributed by atoms with Gasteiger partial charge in [-0.25, -0.2) is 13.4 Å². The fourth-order valence-electron chi connectivity index (χ4n) is 3.50. The van der Waals surface area contributed by atoms with Gasteiger partial charge in [0.2, 0.25) is 10.0 Å². The fraction of sp³-hybridized carbons (Fsp3) is 0.350. The Bertz CT molecular complexity index is 1160. The zero-order valence-corrected chi connectivity index (χ0v) is 20.4. The molecule has 1 aliphatic heterocycles. The number of nitrogens with zero attached hydrogens (tertiary/aromatic N) is 5. The number of hydrogen-bond donors (Lipinski definition) is 2. The molecule has 0 aliphatic carbocycles. The molecular weight excluding hydrogens is 529 g/mol. The van der Waals surface area contributed by atoms with E-state index in [0.717, 1.165) is 23.3 Å². The van der Waals surface area contributed by atoms with Gasteiger partial charge >= 0.3 is 0 Å². The molecular formula is C20H26IN7O2S. The number of rotatable bonds is 7. The summed E-state index contributed by atoms with van der Waals surface area (Å²) >= 11 is 0. The molecule has 166 valence electrons. The maximum Gasteiger partial charge on any atom is 0.236 e. The van der Waals surface area contributed by atoms with E-state index in [4.69, 9.17) is 0 Å². The minimum Gasteiger partial charge on any atom is -0.357 e. The van der Waals surface area contributed by atoms with Crippen LogP contribution in [0.1, 0.15) is 18.3 Å². The molecule has 11 heteroatoms. The van der Waals surface area contributed by atoms with Gasteiger partial charge in [-0.05, 0) is 37.1 Å². The number of aliphatic imine (C=N–C) groups is 1. The largest absolute Gasteiger partial charge is 0.357 e. The molecule has 1 aliphatic rings. The number of benzene rings is 1. The van der Waals surface area contributed by atoms with Crippen LogP contribution in [0.3, 0.4) is 0 Å². The Hall–Kier alpha value is -2.41. The molecule has 3 aromatic rings. The van der Waals surface area contributed by atoms with Crippen LogP contribution in [0.2, 0.25) is 0 Å². The summed E-state index contributed by atoms with van der Waals surface area (Å²) in [4.78, 5) is 4.52. The first-order valence-corrected chi connectivity index (χ1v) is 11.6. The van der Waals surface area contributed by atoms with Crippen LogP contribution in [0.5, 0.6) is 0 Å². The summed E-state index contributed by atoms with van der Waals surface area (Å²) in [6, 6.07) is 13.3.